The number of carbonyl (C=O) groups excluding carboxylic acids is 3. The minimum atomic E-state index is -0.784. The minimum absolute atomic E-state index is 0.0823. The standard InChI is InChI=1S/C64H108O6/c1-4-7-10-13-16-19-22-24-25-26-27-28-29-30-31-32-33-34-35-36-37-38-39-41-42-45-48-51-54-57-63(66)69-60-61(59-68-62(65)56-53-50-47-44-21-18-15-12-9-6-3)70-64(67)58-55-52-49-46-43-40-23-20-17-14-11-8-5-2/h7,10-11,14,16,19-20,23-25,27-28,30-31,33-34,61H,4-6,8-9,12-13,15,17-18,21-22,26,29,32,35-60H2,1-3H3/b10-7-,14-11-,19-16-,23-20-,25-24-,28-27-,31-30-,34-33-. The van der Waals surface area contributed by atoms with E-state index in [1.165, 1.54) is 103 Å². The first-order chi connectivity index (χ1) is 34.5. The highest BCUT2D eigenvalue weighted by molar-refractivity contribution is 5.71. The van der Waals surface area contributed by atoms with Gasteiger partial charge >= 0.3 is 17.9 Å². The van der Waals surface area contributed by atoms with Gasteiger partial charge in [-0.25, -0.2) is 0 Å². The number of unbranched alkanes of at least 4 members (excludes halogenated alkanes) is 25. The molecule has 0 aliphatic rings. The Morgan fingerprint density at radius 1 is 0.300 bits per heavy atom. The van der Waals surface area contributed by atoms with Crippen molar-refractivity contribution < 1.29 is 28.6 Å². The van der Waals surface area contributed by atoms with Crippen molar-refractivity contribution in [1.29, 1.82) is 0 Å². The Morgan fingerprint density at radius 2 is 0.586 bits per heavy atom. The van der Waals surface area contributed by atoms with E-state index < -0.39 is 6.10 Å². The Labute approximate surface area is 432 Å². The van der Waals surface area contributed by atoms with Crippen molar-refractivity contribution >= 4 is 17.9 Å². The molecule has 0 aliphatic carbocycles. The molecule has 0 N–H and O–H groups in total. The van der Waals surface area contributed by atoms with Gasteiger partial charge in [-0.15, -0.1) is 0 Å². The van der Waals surface area contributed by atoms with Crippen LogP contribution in [0.1, 0.15) is 271 Å². The van der Waals surface area contributed by atoms with E-state index in [-0.39, 0.29) is 31.1 Å². The predicted molar refractivity (Wildman–Crippen MR) is 302 cm³/mol. The molecule has 6 nitrogen and oxygen atoms in total. The maximum atomic E-state index is 12.8. The SMILES string of the molecule is CC/C=C\C/C=C\C/C=C\C/C=C\C/C=C\C/C=C\CCCCCCCCCCCCC(=O)OCC(COC(=O)CCCCCCCCCCCC)OC(=O)CCCCCCC/C=C\C/C=C\CCC. The molecule has 70 heavy (non-hydrogen) atoms. The Bertz CT molecular complexity index is 1400. The van der Waals surface area contributed by atoms with E-state index in [0.29, 0.717) is 19.3 Å². The highest BCUT2D eigenvalue weighted by atomic mass is 16.6. The van der Waals surface area contributed by atoms with Gasteiger partial charge in [0.25, 0.3) is 0 Å². The number of allylic oxidation sites excluding steroid dienone is 16. The lowest BCUT2D eigenvalue weighted by Gasteiger charge is -2.18. The molecule has 0 aromatic heterocycles. The van der Waals surface area contributed by atoms with Crippen LogP contribution in [-0.2, 0) is 28.6 Å². The molecule has 400 valence electrons. The van der Waals surface area contributed by atoms with E-state index in [2.05, 4.69) is 118 Å². The molecule has 0 radical (unpaired) electrons. The van der Waals surface area contributed by atoms with Crippen LogP contribution in [0.15, 0.2) is 97.2 Å². The van der Waals surface area contributed by atoms with Gasteiger partial charge < -0.3 is 14.2 Å². The molecule has 0 heterocycles. The van der Waals surface area contributed by atoms with Crippen LogP contribution < -0.4 is 0 Å². The zero-order chi connectivity index (χ0) is 50.7. The Kier molecular flexibility index (Phi) is 54.9. The van der Waals surface area contributed by atoms with Crippen molar-refractivity contribution in [2.75, 3.05) is 13.2 Å². The van der Waals surface area contributed by atoms with E-state index >= 15 is 0 Å². The quantitative estimate of drug-likeness (QED) is 0.0262. The highest BCUT2D eigenvalue weighted by Crippen LogP contribution is 2.15. The smallest absolute Gasteiger partial charge is 0.306 e. The van der Waals surface area contributed by atoms with Gasteiger partial charge in [0.2, 0.25) is 0 Å². The van der Waals surface area contributed by atoms with E-state index in [4.69, 9.17) is 14.2 Å². The summed E-state index contributed by atoms with van der Waals surface area (Å²) in [5.41, 5.74) is 0. The third-order valence-electron chi connectivity index (χ3n) is 12.3. The second-order valence-electron chi connectivity index (χ2n) is 19.2. The zero-order valence-corrected chi connectivity index (χ0v) is 45.8. The van der Waals surface area contributed by atoms with Gasteiger partial charge in [-0.3, -0.25) is 14.4 Å². The Balaban J connectivity index is 4.20. The molecule has 0 rings (SSSR count). The van der Waals surface area contributed by atoms with Gasteiger partial charge in [0, 0.05) is 19.3 Å². The van der Waals surface area contributed by atoms with E-state index in [0.717, 1.165) is 128 Å². The normalized spacial score (nSPS) is 12.8. The summed E-state index contributed by atoms with van der Waals surface area (Å²) in [6.07, 6.45) is 77.0. The molecular weight excluding hydrogens is 865 g/mol. The lowest BCUT2D eigenvalue weighted by atomic mass is 10.1. The first-order valence-corrected chi connectivity index (χ1v) is 29.2. The monoisotopic (exact) mass is 973 g/mol. The second-order valence-corrected chi connectivity index (χ2v) is 19.2. The molecule has 6 heteroatoms. The largest absolute Gasteiger partial charge is 0.462 e. The van der Waals surface area contributed by atoms with Gasteiger partial charge in [0.15, 0.2) is 6.10 Å². The molecule has 0 aromatic rings. The molecule has 0 fully saturated rings. The number of ether oxygens (including phenoxy) is 3. The van der Waals surface area contributed by atoms with E-state index in [1.807, 2.05) is 0 Å². The van der Waals surface area contributed by atoms with Crippen LogP contribution in [0.5, 0.6) is 0 Å². The van der Waals surface area contributed by atoms with E-state index in [9.17, 15) is 14.4 Å². The van der Waals surface area contributed by atoms with Crippen molar-refractivity contribution in [3.63, 3.8) is 0 Å². The Morgan fingerprint density at radius 3 is 0.929 bits per heavy atom. The third kappa shape index (κ3) is 55.3. The lowest BCUT2D eigenvalue weighted by molar-refractivity contribution is -0.167. The van der Waals surface area contributed by atoms with Crippen molar-refractivity contribution in [2.24, 2.45) is 0 Å². The minimum Gasteiger partial charge on any atom is -0.462 e. The maximum absolute atomic E-state index is 12.8. The van der Waals surface area contributed by atoms with Crippen molar-refractivity contribution in [3.05, 3.63) is 97.2 Å². The molecule has 0 saturated carbocycles. The van der Waals surface area contributed by atoms with Crippen LogP contribution in [0.25, 0.3) is 0 Å². The number of hydrogen-bond acceptors (Lipinski definition) is 6. The molecule has 1 atom stereocenters. The number of rotatable bonds is 52. The van der Waals surface area contributed by atoms with Gasteiger partial charge in [0.1, 0.15) is 13.2 Å². The van der Waals surface area contributed by atoms with Gasteiger partial charge in [-0.1, -0.05) is 253 Å². The molecule has 0 saturated heterocycles. The summed E-state index contributed by atoms with van der Waals surface area (Å²) in [7, 11) is 0. The number of esters is 3. The van der Waals surface area contributed by atoms with Crippen molar-refractivity contribution in [3.8, 4) is 0 Å². The maximum Gasteiger partial charge on any atom is 0.306 e. The summed E-state index contributed by atoms with van der Waals surface area (Å²) in [4.78, 5) is 38.0. The summed E-state index contributed by atoms with van der Waals surface area (Å²) >= 11 is 0. The molecule has 0 amide bonds. The zero-order valence-electron chi connectivity index (χ0n) is 45.8. The summed E-state index contributed by atoms with van der Waals surface area (Å²) in [5.74, 6) is -0.900. The van der Waals surface area contributed by atoms with E-state index in [1.54, 1.807) is 0 Å². The molecule has 0 aromatic carbocycles. The van der Waals surface area contributed by atoms with Crippen LogP contribution >= 0.6 is 0 Å². The fourth-order valence-corrected chi connectivity index (χ4v) is 7.95. The summed E-state index contributed by atoms with van der Waals surface area (Å²) in [6.45, 7) is 6.44. The molecule has 0 aliphatic heterocycles. The Hall–Kier alpha value is -3.67. The van der Waals surface area contributed by atoms with Gasteiger partial charge in [0.05, 0.1) is 0 Å². The highest BCUT2D eigenvalue weighted by Gasteiger charge is 2.19. The topological polar surface area (TPSA) is 78.9 Å². The van der Waals surface area contributed by atoms with Gasteiger partial charge in [-0.05, 0) is 96.3 Å². The average molecular weight is 974 g/mol. The molecule has 0 spiro atoms. The van der Waals surface area contributed by atoms with Crippen molar-refractivity contribution in [2.45, 2.75) is 277 Å². The first kappa shape index (κ1) is 66.3. The van der Waals surface area contributed by atoms with Crippen LogP contribution in [0.3, 0.4) is 0 Å². The van der Waals surface area contributed by atoms with Crippen LogP contribution in [0.4, 0.5) is 0 Å². The third-order valence-corrected chi connectivity index (χ3v) is 12.3. The fourth-order valence-electron chi connectivity index (χ4n) is 7.95. The predicted octanol–water partition coefficient (Wildman–Crippen LogP) is 19.7. The van der Waals surface area contributed by atoms with Crippen molar-refractivity contribution in [1.82, 2.24) is 0 Å². The second kappa shape index (κ2) is 57.9. The first-order valence-electron chi connectivity index (χ1n) is 29.2. The summed E-state index contributed by atoms with van der Waals surface area (Å²) in [5, 5.41) is 0. The summed E-state index contributed by atoms with van der Waals surface area (Å²) in [6, 6.07) is 0. The molecular formula is C64H108O6. The number of hydrogen-bond donors (Lipinski definition) is 0. The fraction of sp³-hybridized carbons (Fsp3) is 0.703. The van der Waals surface area contributed by atoms with Crippen LogP contribution in [0, 0.1) is 0 Å². The molecule has 1 unspecified atom stereocenters. The number of carbonyl (C=O) groups is 3. The lowest BCUT2D eigenvalue weighted by Crippen LogP contribution is -2.30. The molecule has 0 bridgehead atoms. The summed E-state index contributed by atoms with van der Waals surface area (Å²) < 4.78 is 16.8. The van der Waals surface area contributed by atoms with Gasteiger partial charge in [-0.2, -0.15) is 0 Å². The average Bonchev–Trinajstić information content (AvgIpc) is 3.36. The van der Waals surface area contributed by atoms with Crippen LogP contribution in [0.2, 0.25) is 0 Å². The van der Waals surface area contributed by atoms with Crippen LogP contribution in [-0.4, -0.2) is 37.2 Å².